The lowest BCUT2D eigenvalue weighted by molar-refractivity contribution is 0.214. The van der Waals surface area contributed by atoms with Gasteiger partial charge in [-0.25, -0.2) is 0 Å². The molecule has 0 amide bonds. The molecular formula is C11H24N6O7. The molecule has 1 rings (SSSR count). The highest BCUT2D eigenvalue weighted by Crippen LogP contribution is 2.18. The SMILES string of the molecule is COC.OCN(CO)c1nc(N(CO)CO)nc(N(CO)CO)n1. The first-order valence-electron chi connectivity index (χ1n) is 6.62. The molecule has 1 aromatic heterocycles. The van der Waals surface area contributed by atoms with E-state index in [0.717, 1.165) is 14.7 Å². The summed E-state index contributed by atoms with van der Waals surface area (Å²) in [5.41, 5.74) is 0. The molecule has 0 saturated carbocycles. The van der Waals surface area contributed by atoms with E-state index in [1.807, 2.05) is 0 Å². The van der Waals surface area contributed by atoms with Gasteiger partial charge < -0.3 is 35.4 Å². The second-order valence-corrected chi connectivity index (χ2v) is 4.11. The van der Waals surface area contributed by atoms with E-state index in [2.05, 4.69) is 19.7 Å². The molecular weight excluding hydrogens is 328 g/mol. The molecule has 13 nitrogen and oxygen atoms in total. The fourth-order valence-corrected chi connectivity index (χ4v) is 1.28. The van der Waals surface area contributed by atoms with Gasteiger partial charge in [-0.15, -0.1) is 0 Å². The van der Waals surface area contributed by atoms with Gasteiger partial charge in [0.25, 0.3) is 0 Å². The quantitative estimate of drug-likeness (QED) is 0.239. The van der Waals surface area contributed by atoms with Crippen LogP contribution in [0, 0.1) is 0 Å². The van der Waals surface area contributed by atoms with Crippen molar-refractivity contribution in [3.05, 3.63) is 0 Å². The summed E-state index contributed by atoms with van der Waals surface area (Å²) in [5.74, 6) is -0.503. The molecule has 0 radical (unpaired) electrons. The highest BCUT2D eigenvalue weighted by Gasteiger charge is 2.18. The Morgan fingerprint density at radius 1 is 0.583 bits per heavy atom. The maximum atomic E-state index is 9.11. The number of methoxy groups -OCH3 is 1. The summed E-state index contributed by atoms with van der Waals surface area (Å²) in [5, 5.41) is 54.6. The standard InChI is InChI=1S/C9H18N6O6.C2H6O/c16-1-13(2-17)7-10-8(14(3-18)4-19)12-9(11-7)15(5-20)6-21;1-3-2/h16-21H,1-6H2;1-2H3. The number of anilines is 3. The first kappa shape index (κ1) is 22.1. The molecule has 0 aliphatic carbocycles. The van der Waals surface area contributed by atoms with Crippen molar-refractivity contribution in [1.82, 2.24) is 15.0 Å². The van der Waals surface area contributed by atoms with Crippen molar-refractivity contribution in [3.8, 4) is 0 Å². The molecule has 13 heteroatoms. The zero-order valence-electron chi connectivity index (χ0n) is 13.5. The van der Waals surface area contributed by atoms with Crippen molar-refractivity contribution >= 4 is 17.8 Å². The minimum absolute atomic E-state index is 0.168. The Labute approximate surface area is 138 Å². The normalized spacial score (nSPS) is 10.0. The van der Waals surface area contributed by atoms with Crippen molar-refractivity contribution in [2.75, 3.05) is 69.3 Å². The molecule has 0 aromatic carbocycles. The van der Waals surface area contributed by atoms with Crippen LogP contribution in [0.2, 0.25) is 0 Å². The fraction of sp³-hybridized carbons (Fsp3) is 0.727. The molecule has 0 fully saturated rings. The lowest BCUT2D eigenvalue weighted by Gasteiger charge is -2.24. The molecule has 0 bridgehead atoms. The molecule has 0 unspecified atom stereocenters. The minimum atomic E-state index is -0.601. The van der Waals surface area contributed by atoms with Gasteiger partial charge in [-0.2, -0.15) is 15.0 Å². The third-order valence-corrected chi connectivity index (χ3v) is 2.47. The van der Waals surface area contributed by atoms with E-state index in [4.69, 9.17) is 30.6 Å². The van der Waals surface area contributed by atoms with Gasteiger partial charge in [0.15, 0.2) is 0 Å². The summed E-state index contributed by atoms with van der Waals surface area (Å²) in [7, 11) is 3.25. The first-order valence-corrected chi connectivity index (χ1v) is 6.62. The second kappa shape index (κ2) is 12.5. The van der Waals surface area contributed by atoms with E-state index in [1.165, 1.54) is 0 Å². The van der Waals surface area contributed by atoms with Crippen LogP contribution in [0.1, 0.15) is 0 Å². The summed E-state index contributed by atoms with van der Waals surface area (Å²) in [6, 6.07) is 0. The molecule has 0 aliphatic heterocycles. The minimum Gasteiger partial charge on any atom is -0.388 e. The van der Waals surface area contributed by atoms with Crippen LogP contribution in [0.3, 0.4) is 0 Å². The maximum Gasteiger partial charge on any atom is 0.235 e. The van der Waals surface area contributed by atoms with Crippen molar-refractivity contribution in [2.45, 2.75) is 0 Å². The van der Waals surface area contributed by atoms with Crippen LogP contribution in [-0.2, 0) is 4.74 Å². The fourth-order valence-electron chi connectivity index (χ4n) is 1.28. The molecule has 1 aromatic rings. The Balaban J connectivity index is 0.00000163. The van der Waals surface area contributed by atoms with E-state index < -0.39 is 40.4 Å². The molecule has 140 valence electrons. The Morgan fingerprint density at radius 3 is 0.875 bits per heavy atom. The Hall–Kier alpha value is -1.87. The van der Waals surface area contributed by atoms with Crippen LogP contribution >= 0.6 is 0 Å². The second-order valence-electron chi connectivity index (χ2n) is 4.11. The number of nitrogens with zero attached hydrogens (tertiary/aromatic N) is 6. The zero-order chi connectivity index (χ0) is 18.5. The molecule has 6 N–H and O–H groups in total. The van der Waals surface area contributed by atoms with Crippen LogP contribution in [0.25, 0.3) is 0 Å². The third kappa shape index (κ3) is 6.32. The van der Waals surface area contributed by atoms with Crippen LogP contribution < -0.4 is 14.7 Å². The molecule has 0 spiro atoms. The Morgan fingerprint density at radius 2 is 0.750 bits per heavy atom. The molecule has 0 atom stereocenters. The van der Waals surface area contributed by atoms with Crippen LogP contribution in [0.5, 0.6) is 0 Å². The number of ether oxygens (including phenoxy) is 1. The number of aliphatic hydroxyl groups excluding tert-OH is 6. The van der Waals surface area contributed by atoms with E-state index in [1.54, 1.807) is 14.2 Å². The predicted molar refractivity (Wildman–Crippen MR) is 82.7 cm³/mol. The summed E-state index contributed by atoms with van der Waals surface area (Å²) in [4.78, 5) is 14.5. The largest absolute Gasteiger partial charge is 0.388 e. The van der Waals surface area contributed by atoms with E-state index in [0.29, 0.717) is 0 Å². The average molecular weight is 352 g/mol. The van der Waals surface area contributed by atoms with Gasteiger partial charge in [0, 0.05) is 14.2 Å². The Kier molecular flexibility index (Phi) is 11.6. The third-order valence-electron chi connectivity index (χ3n) is 2.47. The molecule has 1 heterocycles. The number of hydrogen-bond acceptors (Lipinski definition) is 13. The summed E-state index contributed by atoms with van der Waals surface area (Å²) < 4.78 is 4.25. The highest BCUT2D eigenvalue weighted by molar-refractivity contribution is 5.45. The highest BCUT2D eigenvalue weighted by atomic mass is 16.4. The van der Waals surface area contributed by atoms with Crippen LogP contribution in [0.4, 0.5) is 17.8 Å². The van der Waals surface area contributed by atoms with Gasteiger partial charge in [0.1, 0.15) is 40.4 Å². The van der Waals surface area contributed by atoms with E-state index in [-0.39, 0.29) is 17.8 Å². The van der Waals surface area contributed by atoms with E-state index >= 15 is 0 Å². The summed E-state index contributed by atoms with van der Waals surface area (Å²) >= 11 is 0. The molecule has 0 saturated heterocycles. The zero-order valence-corrected chi connectivity index (χ0v) is 13.5. The number of rotatable bonds is 9. The maximum absolute atomic E-state index is 9.11. The van der Waals surface area contributed by atoms with E-state index in [9.17, 15) is 0 Å². The van der Waals surface area contributed by atoms with Crippen LogP contribution in [0.15, 0.2) is 0 Å². The van der Waals surface area contributed by atoms with Crippen molar-refractivity contribution in [2.24, 2.45) is 0 Å². The number of aromatic nitrogens is 3. The number of hydrogen-bond donors (Lipinski definition) is 6. The monoisotopic (exact) mass is 352 g/mol. The van der Waals surface area contributed by atoms with Crippen molar-refractivity contribution in [3.63, 3.8) is 0 Å². The van der Waals surface area contributed by atoms with Gasteiger partial charge in [0.05, 0.1) is 0 Å². The Bertz CT molecular complexity index is 369. The van der Waals surface area contributed by atoms with Crippen LogP contribution in [-0.4, -0.2) is 100 Å². The summed E-state index contributed by atoms with van der Waals surface area (Å²) in [6.07, 6.45) is 0. The van der Waals surface area contributed by atoms with Crippen molar-refractivity contribution in [1.29, 1.82) is 0 Å². The van der Waals surface area contributed by atoms with Gasteiger partial charge in [-0.05, 0) is 0 Å². The predicted octanol–water partition coefficient (Wildman–Crippen LogP) is -3.75. The lowest BCUT2D eigenvalue weighted by Crippen LogP contribution is -2.34. The number of aliphatic hydroxyl groups is 6. The van der Waals surface area contributed by atoms with Crippen molar-refractivity contribution < 1.29 is 35.4 Å². The van der Waals surface area contributed by atoms with Gasteiger partial charge in [-0.1, -0.05) is 0 Å². The van der Waals surface area contributed by atoms with Gasteiger partial charge in [0.2, 0.25) is 17.8 Å². The smallest absolute Gasteiger partial charge is 0.235 e. The average Bonchev–Trinajstić information content (AvgIpc) is 2.59. The molecule has 24 heavy (non-hydrogen) atoms. The topological polar surface area (TPSA) is 179 Å². The summed E-state index contributed by atoms with van der Waals surface area (Å²) in [6.45, 7) is -3.61. The lowest BCUT2D eigenvalue weighted by atomic mass is 10.6. The first-order chi connectivity index (χ1) is 11.6. The van der Waals surface area contributed by atoms with Gasteiger partial charge in [-0.3, -0.25) is 14.7 Å². The van der Waals surface area contributed by atoms with Gasteiger partial charge >= 0.3 is 0 Å². The molecule has 0 aliphatic rings.